The highest BCUT2D eigenvalue weighted by Crippen LogP contribution is 2.28. The summed E-state index contributed by atoms with van der Waals surface area (Å²) in [5, 5.41) is 8.91. The van der Waals surface area contributed by atoms with Crippen molar-refractivity contribution in [2.45, 2.75) is 24.5 Å². The van der Waals surface area contributed by atoms with Gasteiger partial charge in [-0.15, -0.1) is 11.3 Å². The average molecular weight is 293 g/mol. The molecule has 1 N–H and O–H groups in total. The Morgan fingerprint density at radius 2 is 2.17 bits per heavy atom. The number of aromatic carboxylic acids is 1. The summed E-state index contributed by atoms with van der Waals surface area (Å²) in [5.74, 6) is -1.13. The highest BCUT2D eigenvalue weighted by molar-refractivity contribution is 7.91. The number of hydrogen-bond acceptors (Lipinski definition) is 5. The van der Waals surface area contributed by atoms with Crippen LogP contribution in [0.5, 0.6) is 0 Å². The Kier molecular flexibility index (Phi) is 4.85. The fourth-order valence-electron chi connectivity index (χ4n) is 1.38. The van der Waals surface area contributed by atoms with Gasteiger partial charge in [0.15, 0.2) is 0 Å². The number of rotatable bonds is 6. The molecule has 0 fully saturated rings. The Labute approximate surface area is 110 Å². The number of hydrogen-bond donors (Lipinski definition) is 1. The summed E-state index contributed by atoms with van der Waals surface area (Å²) < 4.78 is 25.2. The smallest absolute Gasteiger partial charge is 0.346 e. The lowest BCUT2D eigenvalue weighted by Gasteiger charge is -2.17. The molecule has 0 amide bonds. The third kappa shape index (κ3) is 2.89. The van der Waals surface area contributed by atoms with E-state index in [0.717, 1.165) is 15.8 Å². The molecule has 6 nitrogen and oxygen atoms in total. The van der Waals surface area contributed by atoms with E-state index >= 15 is 0 Å². The molecule has 0 aliphatic heterocycles. The van der Waals surface area contributed by atoms with Crippen LogP contribution in [0.4, 0.5) is 0 Å². The van der Waals surface area contributed by atoms with Crippen LogP contribution in [0.2, 0.25) is 0 Å². The first kappa shape index (κ1) is 15.1. The van der Waals surface area contributed by atoms with Gasteiger partial charge < -0.3 is 5.11 Å². The minimum absolute atomic E-state index is 0.0206. The van der Waals surface area contributed by atoms with Gasteiger partial charge in [0, 0.05) is 6.54 Å². The Morgan fingerprint density at radius 3 is 2.56 bits per heavy atom. The summed E-state index contributed by atoms with van der Waals surface area (Å²) in [6, 6.07) is 1.35. The number of carboxylic acids is 1. The Hall–Kier alpha value is -0.960. The molecule has 102 valence electrons. The number of sulfonamides is 1. The molecular formula is C10H15NO5S2. The van der Waals surface area contributed by atoms with Gasteiger partial charge in [0.1, 0.15) is 9.09 Å². The molecule has 0 aliphatic carbocycles. The maximum absolute atomic E-state index is 12.2. The summed E-state index contributed by atoms with van der Waals surface area (Å²) >= 11 is 0.735. The second-order valence-corrected chi connectivity index (χ2v) is 6.70. The highest BCUT2D eigenvalue weighted by Gasteiger charge is 2.28. The highest BCUT2D eigenvalue weighted by atomic mass is 32.2. The average Bonchev–Trinajstić information content (AvgIpc) is 2.68. The quantitative estimate of drug-likeness (QED) is 0.807. The van der Waals surface area contributed by atoms with Gasteiger partial charge in [-0.05, 0) is 25.0 Å². The molecule has 1 rings (SSSR count). The zero-order valence-electron chi connectivity index (χ0n) is 10.3. The van der Waals surface area contributed by atoms with Crippen molar-refractivity contribution in [1.82, 2.24) is 4.47 Å². The fourth-order valence-corrected chi connectivity index (χ4v) is 4.20. The summed E-state index contributed by atoms with van der Waals surface area (Å²) in [6.07, 6.45) is 0.600. The predicted molar refractivity (Wildman–Crippen MR) is 67.2 cm³/mol. The van der Waals surface area contributed by atoms with Crippen LogP contribution in [0.25, 0.3) is 0 Å². The van der Waals surface area contributed by atoms with E-state index in [1.807, 2.05) is 6.92 Å². The molecule has 0 aliphatic rings. The van der Waals surface area contributed by atoms with Crippen LogP contribution in [0.15, 0.2) is 10.3 Å². The van der Waals surface area contributed by atoms with Gasteiger partial charge in [-0.3, -0.25) is 4.84 Å². The molecule has 0 aromatic carbocycles. The summed E-state index contributed by atoms with van der Waals surface area (Å²) in [5.41, 5.74) is 0.429. The zero-order valence-corrected chi connectivity index (χ0v) is 12.0. The van der Waals surface area contributed by atoms with Crippen LogP contribution in [0, 0.1) is 6.92 Å². The monoisotopic (exact) mass is 293 g/mol. The first-order valence-electron chi connectivity index (χ1n) is 5.25. The molecular weight excluding hydrogens is 278 g/mol. The van der Waals surface area contributed by atoms with E-state index in [2.05, 4.69) is 0 Å². The number of nitrogens with zero attached hydrogens (tertiary/aromatic N) is 1. The third-order valence-corrected chi connectivity index (χ3v) is 5.62. The lowest BCUT2D eigenvalue weighted by atomic mass is 10.3. The van der Waals surface area contributed by atoms with Crippen molar-refractivity contribution in [3.63, 3.8) is 0 Å². The van der Waals surface area contributed by atoms with Gasteiger partial charge in [-0.2, -0.15) is 0 Å². The van der Waals surface area contributed by atoms with Crippen molar-refractivity contribution < 1.29 is 23.2 Å². The van der Waals surface area contributed by atoms with Gasteiger partial charge >= 0.3 is 5.97 Å². The van der Waals surface area contributed by atoms with Crippen molar-refractivity contribution in [3.05, 3.63) is 16.5 Å². The van der Waals surface area contributed by atoms with Crippen molar-refractivity contribution in [2.75, 3.05) is 13.7 Å². The number of aryl methyl sites for hydroxylation is 1. The van der Waals surface area contributed by atoms with Crippen LogP contribution in [-0.4, -0.2) is 37.6 Å². The molecule has 1 heterocycles. The number of hydroxylamine groups is 1. The number of carbonyl (C=O) groups is 1. The van der Waals surface area contributed by atoms with E-state index in [-0.39, 0.29) is 15.6 Å². The normalized spacial score (nSPS) is 12.0. The van der Waals surface area contributed by atoms with Crippen molar-refractivity contribution in [2.24, 2.45) is 0 Å². The number of thiophene rings is 1. The summed E-state index contributed by atoms with van der Waals surface area (Å²) in [6.45, 7) is 3.61. The SMILES string of the molecule is CCCN(OC)S(=O)(=O)c1cc(C)c(C(=O)O)s1. The lowest BCUT2D eigenvalue weighted by molar-refractivity contribution is -0.0480. The molecule has 0 radical (unpaired) electrons. The van der Waals surface area contributed by atoms with Crippen LogP contribution in [-0.2, 0) is 14.9 Å². The Morgan fingerprint density at radius 1 is 1.56 bits per heavy atom. The van der Waals surface area contributed by atoms with Crippen LogP contribution in [0.3, 0.4) is 0 Å². The van der Waals surface area contributed by atoms with E-state index < -0.39 is 16.0 Å². The molecule has 0 unspecified atom stereocenters. The lowest BCUT2D eigenvalue weighted by Crippen LogP contribution is -2.30. The number of carboxylic acid groups (broad SMARTS) is 1. The molecule has 0 saturated carbocycles. The molecule has 0 bridgehead atoms. The van der Waals surface area contributed by atoms with Crippen molar-refractivity contribution >= 4 is 27.3 Å². The van der Waals surface area contributed by atoms with Crippen LogP contribution < -0.4 is 0 Å². The zero-order chi connectivity index (χ0) is 13.9. The molecule has 1 aromatic rings. The summed E-state index contributed by atoms with van der Waals surface area (Å²) in [7, 11) is -2.51. The van der Waals surface area contributed by atoms with Gasteiger partial charge in [0.05, 0.1) is 7.11 Å². The van der Waals surface area contributed by atoms with Crippen molar-refractivity contribution in [3.8, 4) is 0 Å². The molecule has 8 heteroatoms. The van der Waals surface area contributed by atoms with E-state index in [1.165, 1.54) is 13.2 Å². The minimum Gasteiger partial charge on any atom is -0.477 e. The minimum atomic E-state index is -3.78. The van der Waals surface area contributed by atoms with Gasteiger partial charge in [0.25, 0.3) is 10.0 Å². The first-order valence-corrected chi connectivity index (χ1v) is 7.50. The molecule has 0 spiro atoms. The van der Waals surface area contributed by atoms with Gasteiger partial charge in [-0.1, -0.05) is 11.4 Å². The van der Waals surface area contributed by atoms with E-state index in [1.54, 1.807) is 6.92 Å². The summed E-state index contributed by atoms with van der Waals surface area (Å²) in [4.78, 5) is 15.8. The van der Waals surface area contributed by atoms with E-state index in [4.69, 9.17) is 9.94 Å². The largest absolute Gasteiger partial charge is 0.477 e. The van der Waals surface area contributed by atoms with E-state index in [0.29, 0.717) is 12.0 Å². The topological polar surface area (TPSA) is 83.9 Å². The van der Waals surface area contributed by atoms with Gasteiger partial charge in [-0.25, -0.2) is 13.2 Å². The van der Waals surface area contributed by atoms with Crippen molar-refractivity contribution in [1.29, 1.82) is 0 Å². The second-order valence-electron chi connectivity index (χ2n) is 3.60. The maximum atomic E-state index is 12.2. The third-order valence-electron chi connectivity index (χ3n) is 2.22. The Bertz CT molecular complexity index is 534. The van der Waals surface area contributed by atoms with Crippen LogP contribution in [0.1, 0.15) is 28.6 Å². The predicted octanol–water partition coefficient (Wildman–Crippen LogP) is 1.72. The first-order chi connectivity index (χ1) is 8.34. The molecule has 0 saturated heterocycles. The molecule has 0 atom stereocenters. The molecule has 18 heavy (non-hydrogen) atoms. The standard InChI is InChI=1S/C10H15NO5S2/c1-4-5-11(16-3)18(14,15)8-6-7(2)9(17-8)10(12)13/h6H,4-5H2,1-3H3,(H,12,13). The fraction of sp³-hybridized carbons (Fsp3) is 0.500. The second kappa shape index (κ2) is 5.79. The van der Waals surface area contributed by atoms with Crippen LogP contribution >= 0.6 is 11.3 Å². The van der Waals surface area contributed by atoms with Gasteiger partial charge in [0.2, 0.25) is 0 Å². The maximum Gasteiger partial charge on any atom is 0.346 e. The molecule has 1 aromatic heterocycles. The Balaban J connectivity index is 3.20. The van der Waals surface area contributed by atoms with E-state index in [9.17, 15) is 13.2 Å².